The van der Waals surface area contributed by atoms with Crippen LogP contribution in [0.1, 0.15) is 33.6 Å². The summed E-state index contributed by atoms with van der Waals surface area (Å²) in [5.74, 6) is 2.71. The molecule has 0 aliphatic heterocycles. The molecule has 0 aliphatic carbocycles. The highest BCUT2D eigenvalue weighted by Crippen LogP contribution is 2.29. The maximum atomic E-state index is 5.88. The standard InChI is InChI=1S/C14H23NOS/c1-4-8-16-14-9-12(6-7-13(14)15)17-10-11(3)5-2/h6-7,9,11H,4-5,8,10,15H2,1-3H3. The summed E-state index contributed by atoms with van der Waals surface area (Å²) in [7, 11) is 0. The Kier molecular flexibility index (Phi) is 6.27. The molecule has 1 aromatic rings. The molecule has 0 aromatic heterocycles. The molecule has 2 N–H and O–H groups in total. The van der Waals surface area contributed by atoms with Crippen molar-refractivity contribution in [2.24, 2.45) is 5.92 Å². The molecular formula is C14H23NOS. The first kappa shape index (κ1) is 14.2. The molecule has 0 amide bonds. The van der Waals surface area contributed by atoms with Gasteiger partial charge in [0.05, 0.1) is 12.3 Å². The van der Waals surface area contributed by atoms with Crippen LogP contribution in [0.5, 0.6) is 5.75 Å². The van der Waals surface area contributed by atoms with E-state index in [-0.39, 0.29) is 0 Å². The molecule has 0 fully saturated rings. The second-order valence-corrected chi connectivity index (χ2v) is 5.47. The van der Waals surface area contributed by atoms with Gasteiger partial charge in [0.2, 0.25) is 0 Å². The van der Waals surface area contributed by atoms with E-state index in [2.05, 4.69) is 32.9 Å². The van der Waals surface area contributed by atoms with Crippen LogP contribution in [0, 0.1) is 5.92 Å². The summed E-state index contributed by atoms with van der Waals surface area (Å²) in [5.41, 5.74) is 6.61. The van der Waals surface area contributed by atoms with E-state index in [0.717, 1.165) is 36.1 Å². The highest BCUT2D eigenvalue weighted by molar-refractivity contribution is 7.99. The number of ether oxygens (including phenoxy) is 1. The van der Waals surface area contributed by atoms with Crippen LogP contribution in [0.25, 0.3) is 0 Å². The molecular weight excluding hydrogens is 230 g/mol. The predicted molar refractivity (Wildman–Crippen MR) is 76.8 cm³/mol. The number of benzene rings is 1. The number of nitrogens with two attached hydrogens (primary N) is 1. The van der Waals surface area contributed by atoms with Crippen molar-refractivity contribution in [2.75, 3.05) is 18.1 Å². The summed E-state index contributed by atoms with van der Waals surface area (Å²) in [5, 5.41) is 0. The number of thioether (sulfide) groups is 1. The third-order valence-corrected chi connectivity index (χ3v) is 4.00. The molecule has 1 unspecified atom stereocenters. The van der Waals surface area contributed by atoms with Gasteiger partial charge in [-0.25, -0.2) is 0 Å². The topological polar surface area (TPSA) is 35.2 Å². The Labute approximate surface area is 109 Å². The Hall–Kier alpha value is -0.830. The van der Waals surface area contributed by atoms with Crippen molar-refractivity contribution in [1.29, 1.82) is 0 Å². The van der Waals surface area contributed by atoms with E-state index >= 15 is 0 Å². The molecule has 1 rings (SSSR count). The second-order valence-electron chi connectivity index (χ2n) is 4.37. The third kappa shape index (κ3) is 4.90. The number of anilines is 1. The first-order valence-electron chi connectivity index (χ1n) is 6.32. The molecule has 96 valence electrons. The van der Waals surface area contributed by atoms with Gasteiger partial charge in [-0.15, -0.1) is 11.8 Å². The predicted octanol–water partition coefficient (Wildman–Crippen LogP) is 4.20. The lowest BCUT2D eigenvalue weighted by Crippen LogP contribution is -1.99. The number of hydrogen-bond acceptors (Lipinski definition) is 3. The molecule has 17 heavy (non-hydrogen) atoms. The fraction of sp³-hybridized carbons (Fsp3) is 0.571. The molecule has 0 heterocycles. The van der Waals surface area contributed by atoms with Gasteiger partial charge in [-0.1, -0.05) is 27.2 Å². The average Bonchev–Trinajstić information content (AvgIpc) is 2.35. The van der Waals surface area contributed by atoms with Gasteiger partial charge < -0.3 is 10.5 Å². The maximum absolute atomic E-state index is 5.88. The summed E-state index contributed by atoms with van der Waals surface area (Å²) < 4.78 is 5.62. The van der Waals surface area contributed by atoms with Gasteiger partial charge in [-0.05, 0) is 30.5 Å². The van der Waals surface area contributed by atoms with Crippen LogP contribution >= 0.6 is 11.8 Å². The first-order chi connectivity index (χ1) is 8.17. The largest absolute Gasteiger partial charge is 0.491 e. The SMILES string of the molecule is CCCOc1cc(SCC(C)CC)ccc1N. The Morgan fingerprint density at radius 2 is 2.12 bits per heavy atom. The second kappa shape index (κ2) is 7.49. The van der Waals surface area contributed by atoms with Crippen molar-refractivity contribution in [2.45, 2.75) is 38.5 Å². The number of rotatable bonds is 7. The van der Waals surface area contributed by atoms with Crippen molar-refractivity contribution in [1.82, 2.24) is 0 Å². The van der Waals surface area contributed by atoms with Crippen molar-refractivity contribution in [3.8, 4) is 5.75 Å². The molecule has 2 nitrogen and oxygen atoms in total. The molecule has 3 heteroatoms. The zero-order chi connectivity index (χ0) is 12.7. The third-order valence-electron chi connectivity index (χ3n) is 2.68. The van der Waals surface area contributed by atoms with E-state index in [1.54, 1.807) is 0 Å². The minimum atomic E-state index is 0.726. The minimum absolute atomic E-state index is 0.726. The molecule has 0 aliphatic rings. The zero-order valence-corrected chi connectivity index (χ0v) is 11.8. The minimum Gasteiger partial charge on any atom is -0.491 e. The van der Waals surface area contributed by atoms with E-state index in [4.69, 9.17) is 10.5 Å². The zero-order valence-electron chi connectivity index (χ0n) is 11.0. The quantitative estimate of drug-likeness (QED) is 0.584. The Balaban J connectivity index is 2.61. The Bertz CT molecular complexity index is 341. The van der Waals surface area contributed by atoms with Crippen LogP contribution in [-0.4, -0.2) is 12.4 Å². The fourth-order valence-corrected chi connectivity index (χ4v) is 2.37. The van der Waals surface area contributed by atoms with Crippen molar-refractivity contribution < 1.29 is 4.74 Å². The molecule has 0 bridgehead atoms. The van der Waals surface area contributed by atoms with Gasteiger partial charge in [0.25, 0.3) is 0 Å². The lowest BCUT2D eigenvalue weighted by molar-refractivity contribution is 0.318. The average molecular weight is 253 g/mol. The lowest BCUT2D eigenvalue weighted by atomic mass is 10.2. The van der Waals surface area contributed by atoms with Crippen molar-refractivity contribution in [3.63, 3.8) is 0 Å². The van der Waals surface area contributed by atoms with Crippen LogP contribution in [0.3, 0.4) is 0 Å². The summed E-state index contributed by atoms with van der Waals surface area (Å²) >= 11 is 1.87. The van der Waals surface area contributed by atoms with Gasteiger partial charge in [0.1, 0.15) is 5.75 Å². The summed E-state index contributed by atoms with van der Waals surface area (Å²) in [6.07, 6.45) is 2.23. The molecule has 0 radical (unpaired) electrons. The van der Waals surface area contributed by atoms with E-state index < -0.39 is 0 Å². The summed E-state index contributed by atoms with van der Waals surface area (Å²) in [4.78, 5) is 1.24. The molecule has 0 saturated carbocycles. The van der Waals surface area contributed by atoms with Crippen LogP contribution in [-0.2, 0) is 0 Å². The monoisotopic (exact) mass is 253 g/mol. The summed E-state index contributed by atoms with van der Waals surface area (Å²) in [6, 6.07) is 6.06. The van der Waals surface area contributed by atoms with Gasteiger partial charge >= 0.3 is 0 Å². The van der Waals surface area contributed by atoms with Crippen LogP contribution in [0.15, 0.2) is 23.1 Å². The maximum Gasteiger partial charge on any atom is 0.143 e. The molecule has 1 atom stereocenters. The number of nitrogen functional groups attached to an aromatic ring is 1. The van der Waals surface area contributed by atoms with Gasteiger partial charge in [-0.2, -0.15) is 0 Å². The summed E-state index contributed by atoms with van der Waals surface area (Å²) in [6.45, 7) is 7.32. The van der Waals surface area contributed by atoms with Gasteiger partial charge in [0, 0.05) is 10.6 Å². The number of hydrogen-bond donors (Lipinski definition) is 1. The van der Waals surface area contributed by atoms with Gasteiger partial charge in [0.15, 0.2) is 0 Å². The molecule has 1 aromatic carbocycles. The first-order valence-corrected chi connectivity index (χ1v) is 7.31. The van der Waals surface area contributed by atoms with E-state index in [1.165, 1.54) is 11.3 Å². The van der Waals surface area contributed by atoms with E-state index in [9.17, 15) is 0 Å². The van der Waals surface area contributed by atoms with Crippen LogP contribution in [0.4, 0.5) is 5.69 Å². The van der Waals surface area contributed by atoms with Crippen molar-refractivity contribution in [3.05, 3.63) is 18.2 Å². The highest BCUT2D eigenvalue weighted by atomic mass is 32.2. The fourth-order valence-electron chi connectivity index (χ4n) is 1.30. The lowest BCUT2D eigenvalue weighted by Gasteiger charge is -2.11. The Morgan fingerprint density at radius 3 is 2.76 bits per heavy atom. The van der Waals surface area contributed by atoms with E-state index in [1.807, 2.05) is 17.8 Å². The van der Waals surface area contributed by atoms with E-state index in [0.29, 0.717) is 0 Å². The smallest absolute Gasteiger partial charge is 0.143 e. The normalized spacial score (nSPS) is 12.4. The molecule has 0 saturated heterocycles. The van der Waals surface area contributed by atoms with Crippen molar-refractivity contribution >= 4 is 17.4 Å². The molecule has 0 spiro atoms. The highest BCUT2D eigenvalue weighted by Gasteiger charge is 2.05. The van der Waals surface area contributed by atoms with Gasteiger partial charge in [-0.3, -0.25) is 0 Å². The van der Waals surface area contributed by atoms with Crippen LogP contribution < -0.4 is 10.5 Å². The Morgan fingerprint density at radius 1 is 1.35 bits per heavy atom. The van der Waals surface area contributed by atoms with Crippen LogP contribution in [0.2, 0.25) is 0 Å².